The SMILES string of the molecule is CC(C)N(C)[C@@H]1CC[C@H](N2CC[C@H](NC(=O)c3cc(C(C)(C)C)nn3C)C2=O)[C@@H](CS(C)(=O)=O)C1. The van der Waals surface area contributed by atoms with E-state index in [1.807, 2.05) is 25.7 Å². The Hall–Kier alpha value is -1.94. The number of aromatic nitrogens is 2. The summed E-state index contributed by atoms with van der Waals surface area (Å²) in [6, 6.07) is 1.72. The van der Waals surface area contributed by atoms with Crippen LogP contribution < -0.4 is 5.32 Å². The Bertz CT molecular complexity index is 1040. The number of nitrogens with zero attached hydrogens (tertiary/aromatic N) is 4. The summed E-state index contributed by atoms with van der Waals surface area (Å²) in [4.78, 5) is 30.5. The molecule has 10 heteroatoms. The van der Waals surface area contributed by atoms with E-state index in [0.29, 0.717) is 30.7 Å². The van der Waals surface area contributed by atoms with E-state index in [1.54, 1.807) is 17.8 Å². The van der Waals surface area contributed by atoms with Crippen LogP contribution in [-0.2, 0) is 27.1 Å². The summed E-state index contributed by atoms with van der Waals surface area (Å²) in [5.41, 5.74) is 1.05. The summed E-state index contributed by atoms with van der Waals surface area (Å²) < 4.78 is 26.0. The first-order valence-electron chi connectivity index (χ1n) is 12.6. The highest BCUT2D eigenvalue weighted by Gasteiger charge is 2.44. The number of likely N-dealkylation sites (tertiary alicyclic amines) is 1. The third-order valence-corrected chi connectivity index (χ3v) is 8.68. The van der Waals surface area contributed by atoms with Crippen molar-refractivity contribution in [3.8, 4) is 0 Å². The molecule has 4 atom stereocenters. The molecule has 0 spiro atoms. The predicted molar refractivity (Wildman–Crippen MR) is 137 cm³/mol. The largest absolute Gasteiger partial charge is 0.339 e. The molecule has 1 aromatic heterocycles. The van der Waals surface area contributed by atoms with E-state index >= 15 is 0 Å². The molecule has 2 aliphatic rings. The van der Waals surface area contributed by atoms with Crippen LogP contribution in [0.15, 0.2) is 6.07 Å². The van der Waals surface area contributed by atoms with Gasteiger partial charge in [-0.3, -0.25) is 14.3 Å². The molecule has 0 radical (unpaired) electrons. The summed E-state index contributed by atoms with van der Waals surface area (Å²) in [7, 11) is 0.626. The van der Waals surface area contributed by atoms with E-state index in [0.717, 1.165) is 25.0 Å². The normalized spacial score (nSPS) is 26.1. The van der Waals surface area contributed by atoms with Crippen LogP contribution in [0.5, 0.6) is 0 Å². The third-order valence-electron chi connectivity index (χ3n) is 7.65. The smallest absolute Gasteiger partial charge is 0.270 e. The Morgan fingerprint density at radius 2 is 1.91 bits per heavy atom. The van der Waals surface area contributed by atoms with Gasteiger partial charge < -0.3 is 15.1 Å². The van der Waals surface area contributed by atoms with Crippen LogP contribution in [-0.4, -0.2) is 89.6 Å². The van der Waals surface area contributed by atoms with Crippen LogP contribution in [0.25, 0.3) is 0 Å². The number of nitrogens with one attached hydrogen (secondary N) is 1. The van der Waals surface area contributed by atoms with Crippen molar-refractivity contribution in [1.29, 1.82) is 0 Å². The molecule has 1 aromatic rings. The number of hydrogen-bond donors (Lipinski definition) is 1. The van der Waals surface area contributed by atoms with Crippen LogP contribution in [0.2, 0.25) is 0 Å². The highest BCUT2D eigenvalue weighted by Crippen LogP contribution is 2.35. The lowest BCUT2D eigenvalue weighted by molar-refractivity contribution is -0.133. The Kier molecular flexibility index (Phi) is 8.06. The molecule has 0 aromatic carbocycles. The first-order chi connectivity index (χ1) is 16.1. The quantitative estimate of drug-likeness (QED) is 0.603. The molecular formula is C25H43N5O4S. The number of rotatable bonds is 7. The van der Waals surface area contributed by atoms with Crippen molar-refractivity contribution in [2.75, 3.05) is 25.6 Å². The lowest BCUT2D eigenvalue weighted by Gasteiger charge is -2.44. The topological polar surface area (TPSA) is 105 Å². The van der Waals surface area contributed by atoms with Crippen molar-refractivity contribution in [3.63, 3.8) is 0 Å². The summed E-state index contributed by atoms with van der Waals surface area (Å²) in [5, 5.41) is 7.37. The number of sulfone groups is 1. The molecular weight excluding hydrogens is 466 g/mol. The molecule has 2 fully saturated rings. The first kappa shape index (κ1) is 27.6. The predicted octanol–water partition coefficient (Wildman–Crippen LogP) is 1.97. The number of carbonyl (C=O) groups is 2. The standard InChI is InChI=1S/C25H43N5O4S/c1-16(2)28(6)18-9-10-20(17(13-18)15-35(8,33)34)30-12-11-19(24(30)32)26-23(31)21-14-22(25(3,4)5)27-29(21)7/h14,16-20H,9-13,15H2,1-8H3,(H,26,31)/t17-,18-,19+,20+/m1/s1. The van der Waals surface area contributed by atoms with Gasteiger partial charge in [0.2, 0.25) is 5.91 Å². The van der Waals surface area contributed by atoms with E-state index in [4.69, 9.17) is 0 Å². The minimum absolute atomic E-state index is 0.0749. The van der Waals surface area contributed by atoms with Crippen LogP contribution in [0.3, 0.4) is 0 Å². The van der Waals surface area contributed by atoms with Crippen molar-refractivity contribution in [2.24, 2.45) is 13.0 Å². The van der Waals surface area contributed by atoms with Gasteiger partial charge in [-0.25, -0.2) is 8.42 Å². The minimum Gasteiger partial charge on any atom is -0.339 e. The van der Waals surface area contributed by atoms with Gasteiger partial charge in [0, 0.05) is 43.4 Å². The van der Waals surface area contributed by atoms with E-state index in [-0.39, 0.29) is 34.9 Å². The average Bonchev–Trinajstić information content (AvgIpc) is 3.29. The zero-order valence-electron chi connectivity index (χ0n) is 22.5. The Morgan fingerprint density at radius 1 is 1.26 bits per heavy atom. The summed E-state index contributed by atoms with van der Waals surface area (Å²) in [6.45, 7) is 10.9. The Balaban J connectivity index is 1.72. The fraction of sp³-hybridized carbons (Fsp3) is 0.800. The molecule has 1 saturated carbocycles. The molecule has 1 aliphatic carbocycles. The number of carbonyl (C=O) groups excluding carboxylic acids is 2. The van der Waals surface area contributed by atoms with Crippen molar-refractivity contribution in [2.45, 2.75) is 89.9 Å². The molecule has 9 nitrogen and oxygen atoms in total. The van der Waals surface area contributed by atoms with Crippen LogP contribution in [0.4, 0.5) is 0 Å². The molecule has 2 heterocycles. The molecule has 1 N–H and O–H groups in total. The number of hydrogen-bond acceptors (Lipinski definition) is 6. The molecule has 1 saturated heterocycles. The lowest BCUT2D eigenvalue weighted by atomic mass is 9.81. The maximum Gasteiger partial charge on any atom is 0.270 e. The Labute approximate surface area is 210 Å². The Morgan fingerprint density at radius 3 is 2.46 bits per heavy atom. The zero-order chi connectivity index (χ0) is 26.3. The van der Waals surface area contributed by atoms with Gasteiger partial charge in [-0.2, -0.15) is 5.10 Å². The molecule has 198 valence electrons. The maximum absolute atomic E-state index is 13.4. The molecule has 0 bridgehead atoms. The van der Waals surface area contributed by atoms with Gasteiger partial charge in [-0.1, -0.05) is 20.8 Å². The first-order valence-corrected chi connectivity index (χ1v) is 14.7. The van der Waals surface area contributed by atoms with Gasteiger partial charge in [-0.15, -0.1) is 0 Å². The van der Waals surface area contributed by atoms with Gasteiger partial charge in [0.1, 0.15) is 21.6 Å². The molecule has 3 rings (SSSR count). The molecule has 2 amide bonds. The number of amides is 2. The van der Waals surface area contributed by atoms with Gasteiger partial charge in [0.25, 0.3) is 5.91 Å². The summed E-state index contributed by atoms with van der Waals surface area (Å²) >= 11 is 0. The summed E-state index contributed by atoms with van der Waals surface area (Å²) in [6.07, 6.45) is 4.23. The second-order valence-electron chi connectivity index (χ2n) is 11.8. The van der Waals surface area contributed by atoms with Gasteiger partial charge >= 0.3 is 0 Å². The van der Waals surface area contributed by atoms with E-state index in [1.165, 1.54) is 6.26 Å². The molecule has 35 heavy (non-hydrogen) atoms. The van der Waals surface area contributed by atoms with Crippen LogP contribution in [0.1, 0.15) is 76.5 Å². The fourth-order valence-corrected chi connectivity index (χ4v) is 6.57. The van der Waals surface area contributed by atoms with Crippen molar-refractivity contribution >= 4 is 21.7 Å². The highest BCUT2D eigenvalue weighted by molar-refractivity contribution is 7.90. The monoisotopic (exact) mass is 509 g/mol. The van der Waals surface area contributed by atoms with Crippen molar-refractivity contribution < 1.29 is 18.0 Å². The van der Waals surface area contributed by atoms with E-state index < -0.39 is 15.9 Å². The van der Waals surface area contributed by atoms with Crippen molar-refractivity contribution in [3.05, 3.63) is 17.5 Å². The minimum atomic E-state index is -3.19. The van der Waals surface area contributed by atoms with Crippen LogP contribution in [0, 0.1) is 5.92 Å². The van der Waals surface area contributed by atoms with E-state index in [2.05, 4.69) is 36.2 Å². The maximum atomic E-state index is 13.4. The third kappa shape index (κ3) is 6.44. The molecule has 0 unspecified atom stereocenters. The van der Waals surface area contributed by atoms with E-state index in [9.17, 15) is 18.0 Å². The van der Waals surface area contributed by atoms with Gasteiger partial charge in [0.15, 0.2) is 0 Å². The molecule has 1 aliphatic heterocycles. The zero-order valence-corrected chi connectivity index (χ0v) is 23.4. The van der Waals surface area contributed by atoms with Gasteiger partial charge in [0.05, 0.1) is 11.4 Å². The number of aryl methyl sites for hydroxylation is 1. The average molecular weight is 510 g/mol. The fourth-order valence-electron chi connectivity index (χ4n) is 5.44. The second-order valence-corrected chi connectivity index (χ2v) is 14.0. The second kappa shape index (κ2) is 10.2. The van der Waals surface area contributed by atoms with Gasteiger partial charge in [-0.05, 0) is 58.6 Å². The highest BCUT2D eigenvalue weighted by atomic mass is 32.2. The van der Waals surface area contributed by atoms with Crippen LogP contribution >= 0.6 is 0 Å². The lowest BCUT2D eigenvalue weighted by Crippen LogP contribution is -2.53. The van der Waals surface area contributed by atoms with Crippen molar-refractivity contribution in [1.82, 2.24) is 24.9 Å². The summed E-state index contributed by atoms with van der Waals surface area (Å²) in [5.74, 6) is -0.470.